The van der Waals surface area contributed by atoms with Crippen molar-refractivity contribution in [2.75, 3.05) is 20.2 Å². The number of nitrogens with zero attached hydrogens (tertiary/aromatic N) is 3. The number of aromatic nitrogens is 1. The number of rotatable bonds is 4. The highest BCUT2D eigenvalue weighted by molar-refractivity contribution is 5.90. The molecule has 5 nitrogen and oxygen atoms in total. The molecule has 1 amide bonds. The third-order valence-corrected chi connectivity index (χ3v) is 6.73. The second-order valence-electron chi connectivity index (χ2n) is 7.99. The van der Waals surface area contributed by atoms with Crippen LogP contribution in [0, 0.1) is 5.92 Å². The molecule has 3 atom stereocenters. The van der Waals surface area contributed by atoms with E-state index in [9.17, 15) is 4.79 Å². The molecule has 0 aliphatic carbocycles. The molecule has 3 fully saturated rings. The molecule has 3 aliphatic heterocycles. The number of amides is 1. The van der Waals surface area contributed by atoms with Gasteiger partial charge >= 0.3 is 0 Å². The standard InChI is InChI=1S/C22H25N3O2/c1-27-19-7-5-16(6-8-19)14-24-15-18-12-20(17-4-2-10-23-13-17)25-11-3-9-22(18,25)21(24)26/h2,4-8,10,13,18,20H,3,9,11-12,14-15H2,1H3/t18-,20-,22-/m0/s1. The highest BCUT2D eigenvalue weighted by atomic mass is 16.5. The van der Waals surface area contributed by atoms with E-state index < -0.39 is 0 Å². The topological polar surface area (TPSA) is 45.7 Å². The van der Waals surface area contributed by atoms with Gasteiger partial charge in [0.2, 0.25) is 5.91 Å². The van der Waals surface area contributed by atoms with Crippen LogP contribution in [0.25, 0.3) is 0 Å². The fraction of sp³-hybridized carbons (Fsp3) is 0.455. The Bertz CT molecular complexity index is 838. The summed E-state index contributed by atoms with van der Waals surface area (Å²) >= 11 is 0. The molecule has 0 unspecified atom stereocenters. The molecule has 0 N–H and O–H groups in total. The lowest BCUT2D eigenvalue weighted by Gasteiger charge is -2.33. The van der Waals surface area contributed by atoms with Crippen LogP contribution in [0.1, 0.15) is 36.4 Å². The Hall–Kier alpha value is -2.40. The molecule has 2 aromatic rings. The Morgan fingerprint density at radius 1 is 1.26 bits per heavy atom. The Kier molecular flexibility index (Phi) is 3.93. The molecule has 3 aliphatic rings. The minimum atomic E-state index is -0.285. The molecule has 5 rings (SSSR count). The van der Waals surface area contributed by atoms with Crippen molar-refractivity contribution in [2.45, 2.75) is 37.4 Å². The summed E-state index contributed by atoms with van der Waals surface area (Å²) in [4.78, 5) is 22.4. The molecular formula is C22H25N3O2. The monoisotopic (exact) mass is 363 g/mol. The fourth-order valence-corrected chi connectivity index (χ4v) is 5.56. The number of likely N-dealkylation sites (tertiary alicyclic amines) is 1. The van der Waals surface area contributed by atoms with Gasteiger partial charge in [-0.1, -0.05) is 18.2 Å². The van der Waals surface area contributed by atoms with Crippen LogP contribution in [-0.4, -0.2) is 46.4 Å². The number of ether oxygens (including phenoxy) is 1. The first-order chi connectivity index (χ1) is 13.2. The SMILES string of the molecule is COc1ccc(CN2C[C@@H]3C[C@@H](c4cccnc4)N4CCC[C@@]34C2=O)cc1. The van der Waals surface area contributed by atoms with Crippen molar-refractivity contribution in [1.82, 2.24) is 14.8 Å². The minimum Gasteiger partial charge on any atom is -0.497 e. The van der Waals surface area contributed by atoms with E-state index in [1.54, 1.807) is 7.11 Å². The lowest BCUT2D eigenvalue weighted by Crippen LogP contribution is -2.49. The molecule has 0 bridgehead atoms. The number of carbonyl (C=O) groups is 1. The van der Waals surface area contributed by atoms with Gasteiger partial charge < -0.3 is 9.64 Å². The third kappa shape index (κ3) is 2.48. The highest BCUT2D eigenvalue weighted by Crippen LogP contribution is 2.56. The molecule has 0 radical (unpaired) electrons. The summed E-state index contributed by atoms with van der Waals surface area (Å²) in [7, 11) is 1.67. The van der Waals surface area contributed by atoms with E-state index >= 15 is 0 Å². The smallest absolute Gasteiger partial charge is 0.243 e. The van der Waals surface area contributed by atoms with Crippen LogP contribution in [0.2, 0.25) is 0 Å². The average molecular weight is 363 g/mol. The summed E-state index contributed by atoms with van der Waals surface area (Å²) in [5.74, 6) is 1.59. The fourth-order valence-electron chi connectivity index (χ4n) is 5.56. The van der Waals surface area contributed by atoms with E-state index in [1.165, 1.54) is 5.56 Å². The van der Waals surface area contributed by atoms with E-state index in [4.69, 9.17) is 4.74 Å². The number of methoxy groups -OCH3 is 1. The molecule has 3 saturated heterocycles. The highest BCUT2D eigenvalue weighted by Gasteiger charge is 2.65. The minimum absolute atomic E-state index is 0.285. The van der Waals surface area contributed by atoms with Crippen LogP contribution in [0.5, 0.6) is 5.75 Å². The summed E-state index contributed by atoms with van der Waals surface area (Å²) in [6, 6.07) is 12.5. The Balaban J connectivity index is 1.39. The van der Waals surface area contributed by atoms with Crippen LogP contribution >= 0.6 is 0 Å². The van der Waals surface area contributed by atoms with Crippen molar-refractivity contribution in [3.8, 4) is 5.75 Å². The maximum Gasteiger partial charge on any atom is 0.243 e. The van der Waals surface area contributed by atoms with Gasteiger partial charge in [0.15, 0.2) is 0 Å². The van der Waals surface area contributed by atoms with Gasteiger partial charge in [0.1, 0.15) is 11.3 Å². The normalized spacial score (nSPS) is 29.8. The quantitative estimate of drug-likeness (QED) is 0.838. The molecule has 1 spiro atoms. The number of hydrogen-bond donors (Lipinski definition) is 0. The lowest BCUT2D eigenvalue weighted by atomic mass is 9.85. The summed E-state index contributed by atoms with van der Waals surface area (Å²) in [5.41, 5.74) is 2.13. The molecule has 27 heavy (non-hydrogen) atoms. The van der Waals surface area contributed by atoms with E-state index in [-0.39, 0.29) is 5.54 Å². The predicted molar refractivity (Wildman–Crippen MR) is 102 cm³/mol. The Morgan fingerprint density at radius 3 is 2.85 bits per heavy atom. The molecule has 0 saturated carbocycles. The van der Waals surface area contributed by atoms with Crippen LogP contribution in [0.3, 0.4) is 0 Å². The molecule has 1 aromatic carbocycles. The summed E-state index contributed by atoms with van der Waals surface area (Å²) < 4.78 is 5.24. The maximum atomic E-state index is 13.5. The van der Waals surface area contributed by atoms with E-state index in [0.29, 0.717) is 24.4 Å². The zero-order valence-electron chi connectivity index (χ0n) is 15.7. The van der Waals surface area contributed by atoms with Crippen LogP contribution in [0.4, 0.5) is 0 Å². The predicted octanol–water partition coefficient (Wildman–Crippen LogP) is 3.03. The first kappa shape index (κ1) is 16.8. The van der Waals surface area contributed by atoms with Gasteiger partial charge in [0.05, 0.1) is 7.11 Å². The lowest BCUT2D eigenvalue weighted by molar-refractivity contribution is -0.137. The molecule has 4 heterocycles. The average Bonchev–Trinajstić information content (AvgIpc) is 3.34. The molecular weight excluding hydrogens is 338 g/mol. The number of carbonyl (C=O) groups excluding carboxylic acids is 1. The van der Waals surface area contributed by atoms with E-state index in [1.807, 2.05) is 30.6 Å². The van der Waals surface area contributed by atoms with Crippen molar-refractivity contribution in [1.29, 1.82) is 0 Å². The molecule has 5 heteroatoms. The van der Waals surface area contributed by atoms with Gasteiger partial charge in [0.25, 0.3) is 0 Å². The summed E-state index contributed by atoms with van der Waals surface area (Å²) in [6.45, 7) is 2.56. The van der Waals surface area contributed by atoms with Crippen molar-refractivity contribution < 1.29 is 9.53 Å². The van der Waals surface area contributed by atoms with Crippen LogP contribution in [-0.2, 0) is 11.3 Å². The Morgan fingerprint density at radius 2 is 2.11 bits per heavy atom. The van der Waals surface area contributed by atoms with Crippen LogP contribution < -0.4 is 4.74 Å². The number of pyridine rings is 1. The van der Waals surface area contributed by atoms with Gasteiger partial charge in [0, 0.05) is 37.4 Å². The van der Waals surface area contributed by atoms with Gasteiger partial charge in [-0.2, -0.15) is 0 Å². The van der Waals surface area contributed by atoms with Crippen molar-refractivity contribution >= 4 is 5.91 Å². The van der Waals surface area contributed by atoms with Gasteiger partial charge in [-0.15, -0.1) is 0 Å². The molecule has 1 aromatic heterocycles. The molecule has 140 valence electrons. The zero-order valence-corrected chi connectivity index (χ0v) is 15.7. The number of hydrogen-bond acceptors (Lipinski definition) is 4. The van der Waals surface area contributed by atoms with Crippen LogP contribution in [0.15, 0.2) is 48.8 Å². The maximum absolute atomic E-state index is 13.5. The van der Waals surface area contributed by atoms with Gasteiger partial charge in [-0.05, 0) is 55.1 Å². The second-order valence-corrected chi connectivity index (χ2v) is 7.99. The van der Waals surface area contributed by atoms with Gasteiger partial charge in [-0.25, -0.2) is 0 Å². The van der Waals surface area contributed by atoms with E-state index in [2.05, 4.69) is 33.0 Å². The van der Waals surface area contributed by atoms with Crippen molar-refractivity contribution in [3.63, 3.8) is 0 Å². The number of benzene rings is 1. The van der Waals surface area contributed by atoms with Crippen molar-refractivity contribution in [2.24, 2.45) is 5.92 Å². The van der Waals surface area contributed by atoms with E-state index in [0.717, 1.165) is 43.7 Å². The zero-order chi connectivity index (χ0) is 18.4. The summed E-state index contributed by atoms with van der Waals surface area (Å²) in [6.07, 6.45) is 6.94. The third-order valence-electron chi connectivity index (χ3n) is 6.73. The first-order valence-electron chi connectivity index (χ1n) is 9.81. The van der Waals surface area contributed by atoms with Gasteiger partial charge in [-0.3, -0.25) is 14.7 Å². The Labute approximate surface area is 159 Å². The largest absolute Gasteiger partial charge is 0.497 e. The van der Waals surface area contributed by atoms with Crippen molar-refractivity contribution in [3.05, 3.63) is 59.9 Å². The second kappa shape index (κ2) is 6.34. The first-order valence-corrected chi connectivity index (χ1v) is 9.81. The summed E-state index contributed by atoms with van der Waals surface area (Å²) in [5, 5.41) is 0.